The summed E-state index contributed by atoms with van der Waals surface area (Å²) in [4.78, 5) is 4.95. The fourth-order valence-corrected chi connectivity index (χ4v) is 3.42. The smallest absolute Gasteiger partial charge is 0.0471 e. The maximum atomic E-state index is 2.50. The molecule has 23 heavy (non-hydrogen) atoms. The van der Waals surface area contributed by atoms with Gasteiger partial charge in [-0.05, 0) is 38.5 Å². The number of hydrogen-bond donors (Lipinski definition) is 0. The molecule has 0 saturated carbocycles. The summed E-state index contributed by atoms with van der Waals surface area (Å²) in [6.07, 6.45) is 2.41. The molecule has 3 rings (SSSR count). The lowest BCUT2D eigenvalue weighted by Gasteiger charge is -2.39. The largest absolute Gasteiger partial charge is 0.372 e. The average molecular weight is 306 g/mol. The second kappa shape index (κ2) is 6.91. The molecule has 0 N–H and O–H groups in total. The Morgan fingerprint density at radius 1 is 0.913 bits per heavy atom. The summed E-state index contributed by atoms with van der Waals surface area (Å²) in [6, 6.07) is 19.9. The third-order valence-corrected chi connectivity index (χ3v) is 4.68. The summed E-state index contributed by atoms with van der Waals surface area (Å²) in [6.45, 7) is 9.79. The predicted molar refractivity (Wildman–Crippen MR) is 99.4 cm³/mol. The standard InChI is InChI=1S/C21H26N2/c1-4-22(5-2)21-15-17(3)23(16-18-11-7-6-8-12-18)20-14-10-9-13-19(20)21/h6-15,17H,4-5,16H2,1-3H3. The van der Waals surface area contributed by atoms with Gasteiger partial charge in [0.2, 0.25) is 0 Å². The summed E-state index contributed by atoms with van der Waals surface area (Å²) in [5, 5.41) is 0. The van der Waals surface area contributed by atoms with Crippen LogP contribution in [0.5, 0.6) is 0 Å². The highest BCUT2D eigenvalue weighted by Crippen LogP contribution is 2.36. The first-order chi connectivity index (χ1) is 11.2. The zero-order valence-electron chi connectivity index (χ0n) is 14.4. The minimum Gasteiger partial charge on any atom is -0.372 e. The van der Waals surface area contributed by atoms with E-state index in [0.717, 1.165) is 19.6 Å². The Kier molecular flexibility index (Phi) is 4.71. The SMILES string of the molecule is CCN(CC)C1=CC(C)N(Cc2ccccc2)c2ccccc21. The zero-order chi connectivity index (χ0) is 16.2. The van der Waals surface area contributed by atoms with Crippen molar-refractivity contribution >= 4 is 11.4 Å². The second-order valence-corrected chi connectivity index (χ2v) is 6.10. The van der Waals surface area contributed by atoms with E-state index in [4.69, 9.17) is 0 Å². The van der Waals surface area contributed by atoms with E-state index in [2.05, 4.69) is 91.2 Å². The zero-order valence-corrected chi connectivity index (χ0v) is 14.4. The molecule has 2 aromatic carbocycles. The van der Waals surface area contributed by atoms with Crippen molar-refractivity contribution in [1.82, 2.24) is 4.90 Å². The van der Waals surface area contributed by atoms with Crippen LogP contribution in [0.25, 0.3) is 5.70 Å². The van der Waals surface area contributed by atoms with Gasteiger partial charge in [0.1, 0.15) is 0 Å². The molecule has 0 aliphatic carbocycles. The molecule has 0 fully saturated rings. The van der Waals surface area contributed by atoms with Crippen LogP contribution < -0.4 is 4.90 Å². The molecular formula is C21H26N2. The van der Waals surface area contributed by atoms with Crippen molar-refractivity contribution in [2.45, 2.75) is 33.4 Å². The van der Waals surface area contributed by atoms with E-state index in [1.807, 2.05) is 0 Å². The van der Waals surface area contributed by atoms with Crippen molar-refractivity contribution in [3.63, 3.8) is 0 Å². The molecule has 0 radical (unpaired) electrons. The lowest BCUT2D eigenvalue weighted by Crippen LogP contribution is -2.37. The van der Waals surface area contributed by atoms with Gasteiger partial charge in [-0.2, -0.15) is 0 Å². The summed E-state index contributed by atoms with van der Waals surface area (Å²) < 4.78 is 0. The van der Waals surface area contributed by atoms with Crippen LogP contribution in [0.1, 0.15) is 31.9 Å². The van der Waals surface area contributed by atoms with Crippen molar-refractivity contribution in [2.75, 3.05) is 18.0 Å². The van der Waals surface area contributed by atoms with Crippen LogP contribution >= 0.6 is 0 Å². The van der Waals surface area contributed by atoms with E-state index in [9.17, 15) is 0 Å². The number of para-hydroxylation sites is 1. The highest BCUT2D eigenvalue weighted by molar-refractivity contribution is 5.80. The van der Waals surface area contributed by atoms with Gasteiger partial charge in [0.15, 0.2) is 0 Å². The van der Waals surface area contributed by atoms with E-state index in [1.165, 1.54) is 22.5 Å². The van der Waals surface area contributed by atoms with Gasteiger partial charge in [-0.3, -0.25) is 0 Å². The third-order valence-electron chi connectivity index (χ3n) is 4.68. The van der Waals surface area contributed by atoms with Crippen molar-refractivity contribution in [3.8, 4) is 0 Å². The Labute approximate surface area is 140 Å². The van der Waals surface area contributed by atoms with E-state index in [0.29, 0.717) is 6.04 Å². The minimum atomic E-state index is 0.390. The Morgan fingerprint density at radius 2 is 1.57 bits per heavy atom. The number of fused-ring (bicyclic) bond motifs is 1. The quantitative estimate of drug-likeness (QED) is 0.784. The van der Waals surface area contributed by atoms with Crippen LogP contribution in [-0.2, 0) is 6.54 Å². The topological polar surface area (TPSA) is 6.48 Å². The molecular weight excluding hydrogens is 280 g/mol. The van der Waals surface area contributed by atoms with Gasteiger partial charge in [-0.1, -0.05) is 48.5 Å². The van der Waals surface area contributed by atoms with Gasteiger partial charge in [0.25, 0.3) is 0 Å². The monoisotopic (exact) mass is 306 g/mol. The van der Waals surface area contributed by atoms with Gasteiger partial charge in [-0.25, -0.2) is 0 Å². The number of benzene rings is 2. The first-order valence-electron chi connectivity index (χ1n) is 8.61. The Morgan fingerprint density at radius 3 is 2.26 bits per heavy atom. The summed E-state index contributed by atoms with van der Waals surface area (Å²) >= 11 is 0. The molecule has 1 heterocycles. The fourth-order valence-electron chi connectivity index (χ4n) is 3.42. The normalized spacial score (nSPS) is 16.7. The molecule has 0 saturated heterocycles. The fraction of sp³-hybridized carbons (Fsp3) is 0.333. The van der Waals surface area contributed by atoms with Crippen LogP contribution in [0.4, 0.5) is 5.69 Å². The number of nitrogens with zero attached hydrogens (tertiary/aromatic N) is 2. The first-order valence-corrected chi connectivity index (χ1v) is 8.61. The van der Waals surface area contributed by atoms with Crippen LogP contribution in [-0.4, -0.2) is 24.0 Å². The van der Waals surface area contributed by atoms with Gasteiger partial charge in [-0.15, -0.1) is 0 Å². The van der Waals surface area contributed by atoms with E-state index in [-0.39, 0.29) is 0 Å². The summed E-state index contributed by atoms with van der Waals surface area (Å²) in [7, 11) is 0. The van der Waals surface area contributed by atoms with Crippen molar-refractivity contribution in [2.24, 2.45) is 0 Å². The number of anilines is 1. The Bertz CT molecular complexity index is 671. The van der Waals surface area contributed by atoms with Crippen molar-refractivity contribution < 1.29 is 0 Å². The maximum absolute atomic E-state index is 2.50. The number of rotatable bonds is 5. The van der Waals surface area contributed by atoms with E-state index < -0.39 is 0 Å². The third kappa shape index (κ3) is 3.12. The maximum Gasteiger partial charge on any atom is 0.0471 e. The van der Waals surface area contributed by atoms with Crippen LogP contribution in [0.2, 0.25) is 0 Å². The molecule has 2 aromatic rings. The van der Waals surface area contributed by atoms with Gasteiger partial charge >= 0.3 is 0 Å². The van der Waals surface area contributed by atoms with E-state index in [1.54, 1.807) is 0 Å². The average Bonchev–Trinajstić information content (AvgIpc) is 2.60. The van der Waals surface area contributed by atoms with Crippen molar-refractivity contribution in [3.05, 3.63) is 71.8 Å². The molecule has 0 spiro atoms. The molecule has 120 valence electrons. The number of hydrogen-bond acceptors (Lipinski definition) is 2. The van der Waals surface area contributed by atoms with E-state index >= 15 is 0 Å². The molecule has 1 aliphatic rings. The Balaban J connectivity index is 1.98. The molecule has 1 atom stereocenters. The van der Waals surface area contributed by atoms with Gasteiger partial charge in [0.05, 0.1) is 0 Å². The molecule has 2 nitrogen and oxygen atoms in total. The molecule has 0 amide bonds. The highest BCUT2D eigenvalue weighted by atomic mass is 15.2. The van der Waals surface area contributed by atoms with Gasteiger partial charge in [0, 0.05) is 42.6 Å². The van der Waals surface area contributed by atoms with Gasteiger partial charge < -0.3 is 9.80 Å². The molecule has 1 unspecified atom stereocenters. The second-order valence-electron chi connectivity index (χ2n) is 6.10. The lowest BCUT2D eigenvalue weighted by molar-refractivity contribution is 0.437. The van der Waals surface area contributed by atoms with Crippen molar-refractivity contribution in [1.29, 1.82) is 0 Å². The summed E-state index contributed by atoms with van der Waals surface area (Å²) in [5.74, 6) is 0. The Hall–Kier alpha value is -2.22. The molecule has 0 bridgehead atoms. The minimum absolute atomic E-state index is 0.390. The molecule has 0 aromatic heterocycles. The lowest BCUT2D eigenvalue weighted by atomic mass is 9.98. The predicted octanol–water partition coefficient (Wildman–Crippen LogP) is 4.78. The highest BCUT2D eigenvalue weighted by Gasteiger charge is 2.25. The molecule has 1 aliphatic heterocycles. The van der Waals surface area contributed by atoms with Crippen LogP contribution in [0.3, 0.4) is 0 Å². The first kappa shape index (κ1) is 15.7. The summed E-state index contributed by atoms with van der Waals surface area (Å²) in [5.41, 5.74) is 5.43. The van der Waals surface area contributed by atoms with Crippen LogP contribution in [0, 0.1) is 0 Å². The molecule has 2 heteroatoms. The van der Waals surface area contributed by atoms with Crippen LogP contribution in [0.15, 0.2) is 60.7 Å².